The quantitative estimate of drug-likeness (QED) is 0.250. The molecule has 0 aliphatic heterocycles. The van der Waals surface area contributed by atoms with Gasteiger partial charge >= 0.3 is 0 Å². The molecule has 0 saturated carbocycles. The van der Waals surface area contributed by atoms with Crippen molar-refractivity contribution in [2.75, 3.05) is 7.05 Å². The summed E-state index contributed by atoms with van der Waals surface area (Å²) >= 11 is 1.55. The molecule has 0 N–H and O–H groups in total. The maximum atomic E-state index is 10.4. The summed E-state index contributed by atoms with van der Waals surface area (Å²) in [5, 5.41) is 12.3. The molecule has 0 atom stereocenters. The van der Waals surface area contributed by atoms with Crippen LogP contribution in [0.2, 0.25) is 0 Å². The van der Waals surface area contributed by atoms with E-state index in [2.05, 4.69) is 0 Å². The molecule has 0 aliphatic carbocycles. The molecule has 0 bridgehead atoms. The van der Waals surface area contributed by atoms with Crippen LogP contribution >= 0.6 is 11.3 Å². The average molecular weight is 141 g/mol. The zero-order chi connectivity index (χ0) is 6.69. The molecule has 0 radical (unpaired) electrons. The Hall–Kier alpha value is -0.830. The summed E-state index contributed by atoms with van der Waals surface area (Å²) in [5.74, 6) is 0. The maximum absolute atomic E-state index is 10.4. The van der Waals surface area contributed by atoms with Crippen LogP contribution < -0.4 is 0 Å². The fraction of sp³-hybridized carbons (Fsp3) is 0.167. The van der Waals surface area contributed by atoms with Crippen molar-refractivity contribution in [1.29, 1.82) is 0 Å². The van der Waals surface area contributed by atoms with E-state index in [9.17, 15) is 5.21 Å². The molecule has 0 saturated heterocycles. The van der Waals surface area contributed by atoms with Gasteiger partial charge in [0.25, 0.3) is 0 Å². The molecule has 1 aromatic rings. The Labute approximate surface area is 57.7 Å². The van der Waals surface area contributed by atoms with Crippen LogP contribution in [0.3, 0.4) is 0 Å². The highest BCUT2D eigenvalue weighted by atomic mass is 32.1. The Balaban J connectivity index is 2.80. The smallest absolute Gasteiger partial charge is 0.191 e. The van der Waals surface area contributed by atoms with E-state index in [1.54, 1.807) is 17.6 Å². The van der Waals surface area contributed by atoms with Crippen LogP contribution in [-0.2, 0) is 0 Å². The highest BCUT2D eigenvalue weighted by Crippen LogP contribution is 2.03. The third-order valence-electron chi connectivity index (χ3n) is 0.852. The lowest BCUT2D eigenvalue weighted by Gasteiger charge is -1.90. The first kappa shape index (κ1) is 6.29. The number of rotatable bonds is 1. The van der Waals surface area contributed by atoms with Crippen molar-refractivity contribution in [3.63, 3.8) is 0 Å². The fourth-order valence-corrected chi connectivity index (χ4v) is 1.22. The molecule has 0 fully saturated rings. The Morgan fingerprint density at radius 2 is 2.56 bits per heavy atom. The van der Waals surface area contributed by atoms with Crippen LogP contribution in [0.25, 0.3) is 0 Å². The Morgan fingerprint density at radius 1 is 1.78 bits per heavy atom. The Kier molecular flexibility index (Phi) is 1.85. The minimum absolute atomic E-state index is 0.797. The highest BCUT2D eigenvalue weighted by Gasteiger charge is 1.88. The summed E-state index contributed by atoms with van der Waals surface area (Å²) < 4.78 is 0.797. The summed E-state index contributed by atoms with van der Waals surface area (Å²) in [6, 6.07) is 3.82. The van der Waals surface area contributed by atoms with Gasteiger partial charge in [0.1, 0.15) is 7.05 Å². The molecule has 1 aromatic heterocycles. The largest absolute Gasteiger partial charge is 0.624 e. The lowest BCUT2D eigenvalue weighted by molar-refractivity contribution is -0.416. The molecule has 0 aliphatic rings. The molecular formula is C6H7NOS. The molecule has 0 amide bonds. The second kappa shape index (κ2) is 2.64. The number of hydrogen-bond donors (Lipinski definition) is 0. The minimum atomic E-state index is 0.797. The molecular weight excluding hydrogens is 134 g/mol. The van der Waals surface area contributed by atoms with Gasteiger partial charge in [-0.3, -0.25) is 0 Å². The second-order valence-electron chi connectivity index (χ2n) is 1.69. The van der Waals surface area contributed by atoms with E-state index in [-0.39, 0.29) is 0 Å². The first-order valence-electron chi connectivity index (χ1n) is 2.57. The van der Waals surface area contributed by atoms with Crippen LogP contribution in [0, 0.1) is 5.21 Å². The van der Waals surface area contributed by atoms with Gasteiger partial charge in [0.2, 0.25) is 0 Å². The topological polar surface area (TPSA) is 26.1 Å². The zero-order valence-electron chi connectivity index (χ0n) is 5.07. The van der Waals surface area contributed by atoms with E-state index in [0.29, 0.717) is 0 Å². The van der Waals surface area contributed by atoms with Crippen molar-refractivity contribution >= 4 is 17.6 Å². The van der Waals surface area contributed by atoms with Crippen molar-refractivity contribution in [2.45, 2.75) is 0 Å². The lowest BCUT2D eigenvalue weighted by atomic mass is 10.5. The zero-order valence-corrected chi connectivity index (χ0v) is 5.89. The van der Waals surface area contributed by atoms with Gasteiger partial charge in [-0.15, -0.1) is 11.3 Å². The minimum Gasteiger partial charge on any atom is -0.624 e. The van der Waals surface area contributed by atoms with Crippen LogP contribution in [0.4, 0.5) is 0 Å². The molecule has 1 heterocycles. The lowest BCUT2D eigenvalue weighted by Crippen LogP contribution is -1.94. The van der Waals surface area contributed by atoms with E-state index >= 15 is 0 Å². The van der Waals surface area contributed by atoms with Crippen molar-refractivity contribution in [1.82, 2.24) is 0 Å². The van der Waals surface area contributed by atoms with Gasteiger partial charge < -0.3 is 5.21 Å². The number of thiophene rings is 1. The normalized spacial score (nSPS) is 11.9. The summed E-state index contributed by atoms with van der Waals surface area (Å²) in [5.41, 5.74) is 0. The van der Waals surface area contributed by atoms with E-state index in [4.69, 9.17) is 0 Å². The second-order valence-corrected chi connectivity index (χ2v) is 2.67. The first-order chi connectivity index (χ1) is 4.29. The summed E-state index contributed by atoms with van der Waals surface area (Å²) in [6.45, 7) is 0. The van der Waals surface area contributed by atoms with Gasteiger partial charge in [0.15, 0.2) is 6.21 Å². The molecule has 0 aromatic carbocycles. The molecule has 1 rings (SSSR count). The van der Waals surface area contributed by atoms with Crippen molar-refractivity contribution in [3.05, 3.63) is 27.6 Å². The SMILES string of the molecule is C[N+]([O-])=Cc1cccs1. The monoisotopic (exact) mass is 141 g/mol. The molecule has 0 spiro atoms. The van der Waals surface area contributed by atoms with E-state index in [1.807, 2.05) is 17.5 Å². The molecule has 9 heavy (non-hydrogen) atoms. The van der Waals surface area contributed by atoms with Crippen LogP contribution in [0.15, 0.2) is 17.5 Å². The van der Waals surface area contributed by atoms with Gasteiger partial charge in [-0.1, -0.05) is 6.07 Å². The highest BCUT2D eigenvalue weighted by molar-refractivity contribution is 7.11. The summed E-state index contributed by atoms with van der Waals surface area (Å²) in [6.07, 6.45) is 1.55. The van der Waals surface area contributed by atoms with Crippen molar-refractivity contribution in [2.24, 2.45) is 0 Å². The predicted molar refractivity (Wildman–Crippen MR) is 39.0 cm³/mol. The number of nitrogens with zero attached hydrogens (tertiary/aromatic N) is 1. The van der Waals surface area contributed by atoms with Crippen molar-refractivity contribution in [3.8, 4) is 0 Å². The summed E-state index contributed by atoms with van der Waals surface area (Å²) in [4.78, 5) is 0.993. The molecule has 48 valence electrons. The standard InChI is InChI=1S/C6H7NOS/c1-7(8)5-6-3-2-4-9-6/h2-5H,1H3. The van der Waals surface area contributed by atoms with E-state index < -0.39 is 0 Å². The maximum Gasteiger partial charge on any atom is 0.191 e. The van der Waals surface area contributed by atoms with Crippen LogP contribution in [-0.4, -0.2) is 18.0 Å². The molecule has 2 nitrogen and oxygen atoms in total. The molecule has 0 unspecified atom stereocenters. The average Bonchev–Trinajstić information content (AvgIpc) is 2.15. The van der Waals surface area contributed by atoms with Crippen LogP contribution in [0.1, 0.15) is 4.88 Å². The number of hydrogen-bond acceptors (Lipinski definition) is 2. The van der Waals surface area contributed by atoms with Crippen molar-refractivity contribution < 1.29 is 4.74 Å². The Morgan fingerprint density at radius 3 is 3.00 bits per heavy atom. The molecule has 3 heteroatoms. The predicted octanol–water partition coefficient (Wildman–Crippen LogP) is 1.31. The summed E-state index contributed by atoms with van der Waals surface area (Å²) in [7, 11) is 1.47. The van der Waals surface area contributed by atoms with E-state index in [1.165, 1.54) is 7.05 Å². The third kappa shape index (κ3) is 1.85. The van der Waals surface area contributed by atoms with Gasteiger partial charge in [0.05, 0.1) is 4.88 Å². The van der Waals surface area contributed by atoms with E-state index in [0.717, 1.165) is 9.62 Å². The Bertz CT molecular complexity index is 199. The third-order valence-corrected chi connectivity index (χ3v) is 1.66. The first-order valence-corrected chi connectivity index (χ1v) is 3.45. The van der Waals surface area contributed by atoms with Gasteiger partial charge in [0, 0.05) is 0 Å². The fourth-order valence-electron chi connectivity index (χ4n) is 0.544. The van der Waals surface area contributed by atoms with Crippen LogP contribution in [0.5, 0.6) is 0 Å². The van der Waals surface area contributed by atoms with Gasteiger partial charge in [-0.05, 0) is 11.4 Å². The van der Waals surface area contributed by atoms with Gasteiger partial charge in [-0.25, -0.2) is 4.74 Å². The number of hydroxylamine groups is 1. The van der Waals surface area contributed by atoms with Gasteiger partial charge in [-0.2, -0.15) is 0 Å².